The Kier molecular flexibility index (Phi) is 6.11. The summed E-state index contributed by atoms with van der Waals surface area (Å²) < 4.78 is 10.7. The number of aryl methyl sites for hydroxylation is 2. The standard InChI is InChI=1S/C26H23ClN2O4/c1-15-5-10-19(13-16(15)2)29-25(30)23(17-6-8-18(27)9-7-17)24(26(29)31)28-21-12-11-20(32-3)14-22(21)33-4/h5-14,28H,1-4H3. The first-order chi connectivity index (χ1) is 15.8. The van der Waals surface area contributed by atoms with Gasteiger partial charge >= 0.3 is 0 Å². The first-order valence-electron chi connectivity index (χ1n) is 10.3. The molecule has 33 heavy (non-hydrogen) atoms. The molecule has 3 aromatic carbocycles. The molecule has 4 rings (SSSR count). The van der Waals surface area contributed by atoms with Crippen LogP contribution >= 0.6 is 11.6 Å². The van der Waals surface area contributed by atoms with Crippen LogP contribution in [0.2, 0.25) is 5.02 Å². The summed E-state index contributed by atoms with van der Waals surface area (Å²) in [5, 5.41) is 3.67. The van der Waals surface area contributed by atoms with Gasteiger partial charge in [-0.15, -0.1) is 0 Å². The predicted octanol–water partition coefficient (Wildman–Crippen LogP) is 5.37. The first kappa shape index (κ1) is 22.4. The van der Waals surface area contributed by atoms with Gasteiger partial charge in [-0.1, -0.05) is 29.8 Å². The van der Waals surface area contributed by atoms with Crippen LogP contribution in [-0.4, -0.2) is 26.0 Å². The predicted molar refractivity (Wildman–Crippen MR) is 130 cm³/mol. The number of hydrogen-bond donors (Lipinski definition) is 1. The number of ether oxygens (including phenoxy) is 2. The average Bonchev–Trinajstić information content (AvgIpc) is 3.06. The summed E-state index contributed by atoms with van der Waals surface area (Å²) in [4.78, 5) is 28.3. The lowest BCUT2D eigenvalue weighted by Gasteiger charge is -2.17. The van der Waals surface area contributed by atoms with E-state index in [1.54, 1.807) is 55.6 Å². The van der Waals surface area contributed by atoms with Gasteiger partial charge in [0.05, 0.1) is 31.2 Å². The van der Waals surface area contributed by atoms with E-state index in [-0.39, 0.29) is 11.3 Å². The SMILES string of the molecule is COc1ccc(NC2=C(c3ccc(Cl)cc3)C(=O)N(c3ccc(C)c(C)c3)C2=O)c(OC)c1. The lowest BCUT2D eigenvalue weighted by atomic mass is 10.0. The second kappa shape index (κ2) is 9.00. The number of carbonyl (C=O) groups excluding carboxylic acids is 2. The average molecular weight is 463 g/mol. The molecule has 0 radical (unpaired) electrons. The summed E-state index contributed by atoms with van der Waals surface area (Å²) in [5.41, 5.74) is 4.10. The van der Waals surface area contributed by atoms with Crippen molar-refractivity contribution in [1.82, 2.24) is 0 Å². The Hall–Kier alpha value is -3.77. The second-order valence-corrected chi connectivity index (χ2v) is 8.10. The van der Waals surface area contributed by atoms with Crippen molar-refractivity contribution in [2.45, 2.75) is 13.8 Å². The van der Waals surface area contributed by atoms with Gasteiger partial charge in [-0.2, -0.15) is 0 Å². The quantitative estimate of drug-likeness (QED) is 0.499. The molecule has 0 saturated heterocycles. The lowest BCUT2D eigenvalue weighted by Crippen LogP contribution is -2.32. The molecule has 1 aliphatic rings. The monoisotopic (exact) mass is 462 g/mol. The number of carbonyl (C=O) groups is 2. The van der Waals surface area contributed by atoms with E-state index in [1.807, 2.05) is 26.0 Å². The van der Waals surface area contributed by atoms with Crippen molar-refractivity contribution in [3.05, 3.63) is 88.1 Å². The van der Waals surface area contributed by atoms with Gasteiger partial charge in [0.1, 0.15) is 17.2 Å². The number of nitrogens with zero attached hydrogens (tertiary/aromatic N) is 1. The molecule has 0 saturated carbocycles. The Morgan fingerprint density at radius 2 is 1.55 bits per heavy atom. The number of imide groups is 1. The molecule has 3 aromatic rings. The Morgan fingerprint density at radius 3 is 2.18 bits per heavy atom. The molecular formula is C26H23ClN2O4. The van der Waals surface area contributed by atoms with Gasteiger partial charge in [-0.3, -0.25) is 9.59 Å². The number of rotatable bonds is 6. The van der Waals surface area contributed by atoms with E-state index in [9.17, 15) is 9.59 Å². The van der Waals surface area contributed by atoms with Crippen LogP contribution < -0.4 is 19.7 Å². The minimum Gasteiger partial charge on any atom is -0.497 e. The van der Waals surface area contributed by atoms with Gasteiger partial charge in [-0.25, -0.2) is 4.90 Å². The van der Waals surface area contributed by atoms with Crippen molar-refractivity contribution in [3.8, 4) is 11.5 Å². The zero-order valence-electron chi connectivity index (χ0n) is 18.7. The van der Waals surface area contributed by atoms with E-state index in [0.29, 0.717) is 33.5 Å². The van der Waals surface area contributed by atoms with Crippen LogP contribution in [0.4, 0.5) is 11.4 Å². The van der Waals surface area contributed by atoms with Crippen molar-refractivity contribution in [1.29, 1.82) is 0 Å². The van der Waals surface area contributed by atoms with E-state index in [0.717, 1.165) is 11.1 Å². The summed E-state index contributed by atoms with van der Waals surface area (Å²) >= 11 is 6.05. The fraction of sp³-hybridized carbons (Fsp3) is 0.154. The summed E-state index contributed by atoms with van der Waals surface area (Å²) in [6.45, 7) is 3.92. The molecule has 0 aromatic heterocycles. The maximum atomic E-state index is 13.6. The molecule has 0 aliphatic carbocycles. The zero-order valence-corrected chi connectivity index (χ0v) is 19.5. The fourth-order valence-corrected chi connectivity index (χ4v) is 3.79. The maximum absolute atomic E-state index is 13.6. The highest BCUT2D eigenvalue weighted by atomic mass is 35.5. The van der Waals surface area contributed by atoms with Crippen LogP contribution in [0, 0.1) is 13.8 Å². The molecule has 0 atom stereocenters. The molecule has 0 unspecified atom stereocenters. The number of hydrogen-bond acceptors (Lipinski definition) is 5. The number of nitrogens with one attached hydrogen (secondary N) is 1. The third-order valence-corrected chi connectivity index (χ3v) is 5.89. The van der Waals surface area contributed by atoms with Crippen molar-refractivity contribution < 1.29 is 19.1 Å². The molecule has 1 aliphatic heterocycles. The highest BCUT2D eigenvalue weighted by Gasteiger charge is 2.40. The summed E-state index contributed by atoms with van der Waals surface area (Å²) in [7, 11) is 3.08. The zero-order chi connectivity index (χ0) is 23.7. The molecule has 0 fully saturated rings. The van der Waals surface area contributed by atoms with Gasteiger partial charge in [0, 0.05) is 11.1 Å². The first-order valence-corrected chi connectivity index (χ1v) is 10.7. The summed E-state index contributed by atoms with van der Waals surface area (Å²) in [6, 6.07) is 17.5. The van der Waals surface area contributed by atoms with Crippen LogP contribution in [0.1, 0.15) is 16.7 Å². The minimum absolute atomic E-state index is 0.156. The van der Waals surface area contributed by atoms with E-state index in [4.69, 9.17) is 21.1 Å². The minimum atomic E-state index is -0.453. The molecule has 1 N–H and O–H groups in total. The number of halogens is 1. The molecule has 6 nitrogen and oxygen atoms in total. The molecule has 1 heterocycles. The third-order valence-electron chi connectivity index (χ3n) is 5.63. The Balaban J connectivity index is 1.84. The van der Waals surface area contributed by atoms with Crippen molar-refractivity contribution >= 4 is 40.4 Å². The van der Waals surface area contributed by atoms with Gasteiger partial charge in [0.2, 0.25) is 0 Å². The van der Waals surface area contributed by atoms with E-state index in [1.165, 1.54) is 12.0 Å². The topological polar surface area (TPSA) is 67.9 Å². The van der Waals surface area contributed by atoms with Crippen LogP contribution in [0.15, 0.2) is 66.4 Å². The normalized spacial score (nSPS) is 13.5. The van der Waals surface area contributed by atoms with Crippen molar-refractivity contribution in [2.24, 2.45) is 0 Å². The number of anilines is 2. The van der Waals surface area contributed by atoms with Crippen LogP contribution in [0.3, 0.4) is 0 Å². The maximum Gasteiger partial charge on any atom is 0.282 e. The number of methoxy groups -OCH3 is 2. The Labute approximate surface area is 197 Å². The second-order valence-electron chi connectivity index (χ2n) is 7.66. The molecule has 168 valence electrons. The van der Waals surface area contributed by atoms with Crippen LogP contribution in [0.5, 0.6) is 11.5 Å². The summed E-state index contributed by atoms with van der Waals surface area (Å²) in [6.07, 6.45) is 0. The Morgan fingerprint density at radius 1 is 0.818 bits per heavy atom. The van der Waals surface area contributed by atoms with Crippen LogP contribution in [0.25, 0.3) is 5.57 Å². The molecule has 7 heteroatoms. The molecular weight excluding hydrogens is 440 g/mol. The third kappa shape index (κ3) is 4.17. The highest BCUT2D eigenvalue weighted by Crippen LogP contribution is 2.37. The van der Waals surface area contributed by atoms with Crippen molar-refractivity contribution in [3.63, 3.8) is 0 Å². The fourth-order valence-electron chi connectivity index (χ4n) is 3.67. The highest BCUT2D eigenvalue weighted by molar-refractivity contribution is 6.46. The van der Waals surface area contributed by atoms with E-state index >= 15 is 0 Å². The van der Waals surface area contributed by atoms with Crippen LogP contribution in [-0.2, 0) is 9.59 Å². The van der Waals surface area contributed by atoms with E-state index in [2.05, 4.69) is 5.32 Å². The smallest absolute Gasteiger partial charge is 0.282 e. The lowest BCUT2D eigenvalue weighted by molar-refractivity contribution is -0.120. The molecule has 0 bridgehead atoms. The number of benzene rings is 3. The largest absolute Gasteiger partial charge is 0.497 e. The van der Waals surface area contributed by atoms with Gasteiger partial charge in [0.25, 0.3) is 11.8 Å². The van der Waals surface area contributed by atoms with Gasteiger partial charge < -0.3 is 14.8 Å². The molecule has 2 amide bonds. The molecule has 0 spiro atoms. The van der Waals surface area contributed by atoms with Gasteiger partial charge in [-0.05, 0) is 66.9 Å². The number of amides is 2. The van der Waals surface area contributed by atoms with E-state index < -0.39 is 11.8 Å². The van der Waals surface area contributed by atoms with Gasteiger partial charge in [0.15, 0.2) is 0 Å². The summed E-state index contributed by atoms with van der Waals surface area (Å²) in [5.74, 6) is 0.212. The van der Waals surface area contributed by atoms with Crippen molar-refractivity contribution in [2.75, 3.05) is 24.4 Å². The Bertz CT molecular complexity index is 1280.